The van der Waals surface area contributed by atoms with Gasteiger partial charge in [0.05, 0.1) is 5.56 Å². The molecule has 1 fully saturated rings. The van der Waals surface area contributed by atoms with Crippen molar-refractivity contribution in [3.63, 3.8) is 0 Å². The summed E-state index contributed by atoms with van der Waals surface area (Å²) in [6, 6.07) is 11.5. The molecule has 2 aliphatic rings. The number of fused-ring (bicyclic) bond motifs is 1. The molecule has 0 radical (unpaired) electrons. The van der Waals surface area contributed by atoms with E-state index in [0.29, 0.717) is 23.2 Å². The number of carbonyl (C=O) groups is 3. The number of amides is 2. The summed E-state index contributed by atoms with van der Waals surface area (Å²) < 4.78 is 18.7. The lowest BCUT2D eigenvalue weighted by Crippen LogP contribution is -2.43. The van der Waals surface area contributed by atoms with Crippen molar-refractivity contribution in [3.05, 3.63) is 65.5 Å². The van der Waals surface area contributed by atoms with Crippen LogP contribution in [-0.2, 0) is 14.3 Å². The summed E-state index contributed by atoms with van der Waals surface area (Å²) >= 11 is 0. The molecule has 0 aromatic heterocycles. The maximum absolute atomic E-state index is 13.3. The van der Waals surface area contributed by atoms with Gasteiger partial charge >= 0.3 is 5.97 Å². The fourth-order valence-corrected chi connectivity index (χ4v) is 3.38. The van der Waals surface area contributed by atoms with E-state index in [1.165, 1.54) is 23.1 Å². The molecule has 2 aliphatic heterocycles. The first kappa shape index (κ1) is 16.3. The molecule has 2 atom stereocenters. The summed E-state index contributed by atoms with van der Waals surface area (Å²) in [7, 11) is 0. The van der Waals surface area contributed by atoms with Crippen molar-refractivity contribution in [2.45, 2.75) is 25.1 Å². The van der Waals surface area contributed by atoms with Crippen LogP contribution in [0.3, 0.4) is 0 Å². The Kier molecular flexibility index (Phi) is 3.91. The number of hydrogen-bond acceptors (Lipinski definition) is 4. The zero-order valence-electron chi connectivity index (χ0n) is 13.6. The lowest BCUT2D eigenvalue weighted by Gasteiger charge is -2.29. The molecule has 0 bridgehead atoms. The predicted molar refractivity (Wildman–Crippen MR) is 89.5 cm³/mol. The largest absolute Gasteiger partial charge is 0.433 e. The van der Waals surface area contributed by atoms with Crippen LogP contribution in [0.25, 0.3) is 0 Å². The van der Waals surface area contributed by atoms with Crippen molar-refractivity contribution in [2.75, 3.05) is 5.32 Å². The fourth-order valence-electron chi connectivity index (χ4n) is 3.38. The highest BCUT2D eigenvalue weighted by molar-refractivity contribution is 6.00. The summed E-state index contributed by atoms with van der Waals surface area (Å²) in [5.41, 5.74) is 1.26. The van der Waals surface area contributed by atoms with Gasteiger partial charge in [-0.15, -0.1) is 0 Å². The van der Waals surface area contributed by atoms with E-state index in [2.05, 4.69) is 5.32 Å². The van der Waals surface area contributed by atoms with Gasteiger partial charge in [0.25, 0.3) is 0 Å². The molecule has 1 saturated heterocycles. The molecule has 4 rings (SSSR count). The van der Waals surface area contributed by atoms with Crippen molar-refractivity contribution in [3.8, 4) is 0 Å². The normalized spacial score (nSPS) is 21.5. The van der Waals surface area contributed by atoms with Crippen molar-refractivity contribution < 1.29 is 23.5 Å². The molecule has 26 heavy (non-hydrogen) atoms. The number of likely N-dealkylation sites (tertiary alicyclic amines) is 1. The molecule has 2 aromatic rings. The van der Waals surface area contributed by atoms with E-state index in [0.717, 1.165) is 0 Å². The first-order chi connectivity index (χ1) is 12.5. The Morgan fingerprint density at radius 2 is 1.96 bits per heavy atom. The van der Waals surface area contributed by atoms with E-state index in [1.807, 2.05) is 0 Å². The number of hydrogen-bond donors (Lipinski definition) is 1. The number of nitrogens with zero attached hydrogens (tertiary/aromatic N) is 1. The quantitative estimate of drug-likeness (QED) is 0.860. The second-order valence-electron chi connectivity index (χ2n) is 6.20. The number of benzene rings is 2. The molecule has 2 aromatic carbocycles. The maximum atomic E-state index is 13.3. The Balaban J connectivity index is 1.60. The maximum Gasteiger partial charge on any atom is 0.340 e. The molecule has 2 heterocycles. The van der Waals surface area contributed by atoms with Crippen LogP contribution in [0.1, 0.15) is 35.0 Å². The number of esters is 1. The van der Waals surface area contributed by atoms with Gasteiger partial charge in [0, 0.05) is 17.7 Å². The third kappa shape index (κ3) is 2.71. The number of rotatable bonds is 3. The number of cyclic esters (lactones) is 1. The number of carbonyl (C=O) groups excluding carboxylic acids is 3. The number of anilines is 1. The Morgan fingerprint density at radius 3 is 2.77 bits per heavy atom. The van der Waals surface area contributed by atoms with Gasteiger partial charge in [-0.2, -0.15) is 0 Å². The van der Waals surface area contributed by atoms with Gasteiger partial charge < -0.3 is 10.1 Å². The SMILES string of the molecule is O=C1OC(N2C(=O)CC[C@H]2C(=O)Nc2cccc(F)c2)c2ccccc21. The van der Waals surface area contributed by atoms with Crippen molar-refractivity contribution in [1.82, 2.24) is 4.90 Å². The van der Waals surface area contributed by atoms with Gasteiger partial charge in [-0.1, -0.05) is 24.3 Å². The van der Waals surface area contributed by atoms with Gasteiger partial charge in [-0.25, -0.2) is 9.18 Å². The molecule has 0 saturated carbocycles. The van der Waals surface area contributed by atoms with E-state index < -0.39 is 30.0 Å². The van der Waals surface area contributed by atoms with Crippen molar-refractivity contribution in [2.24, 2.45) is 0 Å². The third-order valence-corrected chi connectivity index (χ3v) is 4.57. The summed E-state index contributed by atoms with van der Waals surface area (Å²) in [4.78, 5) is 38.4. The van der Waals surface area contributed by atoms with Crippen LogP contribution >= 0.6 is 0 Å². The zero-order valence-corrected chi connectivity index (χ0v) is 13.6. The molecular weight excluding hydrogens is 339 g/mol. The molecule has 7 heteroatoms. The minimum Gasteiger partial charge on any atom is -0.433 e. The highest BCUT2D eigenvalue weighted by Gasteiger charge is 2.46. The highest BCUT2D eigenvalue weighted by atomic mass is 19.1. The van der Waals surface area contributed by atoms with Crippen LogP contribution in [-0.4, -0.2) is 28.7 Å². The van der Waals surface area contributed by atoms with Gasteiger partial charge in [0.15, 0.2) is 0 Å². The lowest BCUT2D eigenvalue weighted by atomic mass is 10.1. The van der Waals surface area contributed by atoms with E-state index in [1.54, 1.807) is 30.3 Å². The van der Waals surface area contributed by atoms with E-state index in [9.17, 15) is 18.8 Å². The summed E-state index contributed by atoms with van der Waals surface area (Å²) in [6.45, 7) is 0. The smallest absolute Gasteiger partial charge is 0.340 e. The van der Waals surface area contributed by atoms with Crippen molar-refractivity contribution >= 4 is 23.5 Å². The van der Waals surface area contributed by atoms with Crippen LogP contribution in [0.5, 0.6) is 0 Å². The molecule has 6 nitrogen and oxygen atoms in total. The van der Waals surface area contributed by atoms with Gasteiger partial charge in [-0.3, -0.25) is 14.5 Å². The first-order valence-electron chi connectivity index (χ1n) is 8.22. The first-order valence-corrected chi connectivity index (χ1v) is 8.22. The number of nitrogens with one attached hydrogen (secondary N) is 1. The number of halogens is 1. The van der Waals surface area contributed by atoms with Crippen LogP contribution in [0.2, 0.25) is 0 Å². The monoisotopic (exact) mass is 354 g/mol. The Bertz CT molecular complexity index is 914. The molecule has 2 amide bonds. The molecule has 132 valence electrons. The summed E-state index contributed by atoms with van der Waals surface area (Å²) in [5.74, 6) is -1.70. The second-order valence-corrected chi connectivity index (χ2v) is 6.20. The Hall–Kier alpha value is -3.22. The standard InChI is InChI=1S/C19H15FN2O4/c20-11-4-3-5-12(10-11)21-17(24)15-8-9-16(23)22(15)18-13-6-1-2-7-14(13)19(25)26-18/h1-7,10,15,18H,8-9H2,(H,21,24)/t15-,18?/m0/s1. The second kappa shape index (κ2) is 6.25. The minimum atomic E-state index is -0.919. The Labute approximate surface area is 148 Å². The average Bonchev–Trinajstić information content (AvgIpc) is 3.15. The third-order valence-electron chi connectivity index (χ3n) is 4.57. The van der Waals surface area contributed by atoms with E-state index in [-0.39, 0.29) is 12.3 Å². The summed E-state index contributed by atoms with van der Waals surface area (Å²) in [6.07, 6.45) is -0.440. The molecule has 0 spiro atoms. The van der Waals surface area contributed by atoms with Crippen LogP contribution in [0, 0.1) is 5.82 Å². The lowest BCUT2D eigenvalue weighted by molar-refractivity contribution is -0.144. The van der Waals surface area contributed by atoms with Gasteiger partial charge in [0.1, 0.15) is 11.9 Å². The summed E-state index contributed by atoms with van der Waals surface area (Å²) in [5, 5.41) is 2.62. The van der Waals surface area contributed by atoms with Crippen LogP contribution in [0.15, 0.2) is 48.5 Å². The number of ether oxygens (including phenoxy) is 1. The van der Waals surface area contributed by atoms with Crippen LogP contribution < -0.4 is 5.32 Å². The molecule has 1 N–H and O–H groups in total. The zero-order chi connectivity index (χ0) is 18.3. The van der Waals surface area contributed by atoms with E-state index in [4.69, 9.17) is 4.74 Å². The topological polar surface area (TPSA) is 75.7 Å². The van der Waals surface area contributed by atoms with Crippen LogP contribution in [0.4, 0.5) is 10.1 Å². The molecule has 1 unspecified atom stereocenters. The van der Waals surface area contributed by atoms with Gasteiger partial charge in [-0.05, 0) is 30.7 Å². The van der Waals surface area contributed by atoms with Gasteiger partial charge in [0.2, 0.25) is 18.0 Å². The predicted octanol–water partition coefficient (Wildman–Crippen LogP) is 2.62. The minimum absolute atomic E-state index is 0.178. The average molecular weight is 354 g/mol. The van der Waals surface area contributed by atoms with E-state index >= 15 is 0 Å². The molecule has 0 aliphatic carbocycles. The van der Waals surface area contributed by atoms with Crippen molar-refractivity contribution in [1.29, 1.82) is 0 Å². The fraction of sp³-hybridized carbons (Fsp3) is 0.211. The highest BCUT2D eigenvalue weighted by Crippen LogP contribution is 2.38. The molecular formula is C19H15FN2O4. The Morgan fingerprint density at radius 1 is 1.15 bits per heavy atom.